The zero-order chi connectivity index (χ0) is 22.2. The van der Waals surface area contributed by atoms with Crippen LogP contribution in [0, 0.1) is 6.92 Å². The predicted octanol–water partition coefficient (Wildman–Crippen LogP) is 1.68. The summed E-state index contributed by atoms with van der Waals surface area (Å²) in [5.74, 6) is -0.0987. The SMILES string of the molecule is Cc1ccc(CNC(=O)Cn2nc3n(C[C@H]4CCCO4)c(=O)c4sccc4n3c2=O)cc1. The van der Waals surface area contributed by atoms with E-state index in [9.17, 15) is 14.4 Å². The van der Waals surface area contributed by atoms with Crippen molar-refractivity contribution in [2.24, 2.45) is 0 Å². The molecule has 166 valence electrons. The molecule has 0 aliphatic carbocycles. The van der Waals surface area contributed by atoms with Gasteiger partial charge in [-0.1, -0.05) is 29.8 Å². The van der Waals surface area contributed by atoms with E-state index in [1.54, 1.807) is 11.4 Å². The smallest absolute Gasteiger partial charge is 0.352 e. The van der Waals surface area contributed by atoms with Gasteiger partial charge in [0, 0.05) is 13.2 Å². The van der Waals surface area contributed by atoms with Gasteiger partial charge >= 0.3 is 5.69 Å². The molecule has 4 heterocycles. The predicted molar refractivity (Wildman–Crippen MR) is 121 cm³/mol. The summed E-state index contributed by atoms with van der Waals surface area (Å²) in [6.07, 6.45) is 1.71. The molecule has 1 N–H and O–H groups in total. The van der Waals surface area contributed by atoms with Crippen LogP contribution in [0.25, 0.3) is 16.0 Å². The highest BCUT2D eigenvalue weighted by atomic mass is 32.1. The van der Waals surface area contributed by atoms with Gasteiger partial charge in [0.25, 0.3) is 5.56 Å². The highest BCUT2D eigenvalue weighted by molar-refractivity contribution is 7.17. The van der Waals surface area contributed by atoms with Gasteiger partial charge < -0.3 is 10.1 Å². The lowest BCUT2D eigenvalue weighted by Crippen LogP contribution is -2.32. The Hall–Kier alpha value is -3.24. The van der Waals surface area contributed by atoms with Crippen LogP contribution >= 0.6 is 11.3 Å². The fourth-order valence-corrected chi connectivity index (χ4v) is 4.82. The molecule has 1 aromatic carbocycles. The van der Waals surface area contributed by atoms with Crippen molar-refractivity contribution in [3.8, 4) is 0 Å². The zero-order valence-electron chi connectivity index (χ0n) is 17.6. The quantitative estimate of drug-likeness (QED) is 0.479. The number of carbonyl (C=O) groups is 1. The molecule has 0 radical (unpaired) electrons. The topological polar surface area (TPSA) is 99.6 Å². The van der Waals surface area contributed by atoms with Crippen LogP contribution in [0.2, 0.25) is 0 Å². The average Bonchev–Trinajstić information content (AvgIpc) is 3.52. The van der Waals surface area contributed by atoms with E-state index >= 15 is 0 Å². The number of fused-ring (bicyclic) bond motifs is 3. The number of nitrogens with one attached hydrogen (secondary N) is 1. The van der Waals surface area contributed by atoms with E-state index < -0.39 is 5.69 Å². The summed E-state index contributed by atoms with van der Waals surface area (Å²) in [5, 5.41) is 8.97. The molecule has 4 aromatic rings. The number of amides is 1. The molecular weight excluding hydrogens is 430 g/mol. The van der Waals surface area contributed by atoms with Crippen LogP contribution in [-0.2, 0) is 29.2 Å². The summed E-state index contributed by atoms with van der Waals surface area (Å²) in [6.45, 7) is 3.12. The maximum Gasteiger partial charge on any atom is 0.352 e. The van der Waals surface area contributed by atoms with Gasteiger partial charge in [-0.05, 0) is 36.8 Å². The zero-order valence-corrected chi connectivity index (χ0v) is 18.4. The van der Waals surface area contributed by atoms with Crippen molar-refractivity contribution >= 4 is 33.2 Å². The second kappa shape index (κ2) is 8.36. The number of nitrogens with zero attached hydrogens (tertiary/aromatic N) is 4. The molecule has 1 aliphatic rings. The van der Waals surface area contributed by atoms with Crippen LogP contribution in [0.15, 0.2) is 45.3 Å². The first-order chi connectivity index (χ1) is 15.5. The monoisotopic (exact) mass is 453 g/mol. The Kier molecular flexibility index (Phi) is 5.40. The van der Waals surface area contributed by atoms with Crippen LogP contribution in [0.1, 0.15) is 24.0 Å². The second-order valence-electron chi connectivity index (χ2n) is 8.02. The van der Waals surface area contributed by atoms with E-state index in [1.165, 1.54) is 20.3 Å². The van der Waals surface area contributed by atoms with Crippen molar-refractivity contribution < 1.29 is 9.53 Å². The lowest BCUT2D eigenvalue weighted by molar-refractivity contribution is -0.122. The van der Waals surface area contributed by atoms with Gasteiger partial charge in [-0.3, -0.25) is 14.2 Å². The lowest BCUT2D eigenvalue weighted by atomic mass is 10.1. The van der Waals surface area contributed by atoms with Crippen LogP contribution in [0.3, 0.4) is 0 Å². The number of carbonyl (C=O) groups excluding carboxylic acids is 1. The van der Waals surface area contributed by atoms with Crippen molar-refractivity contribution in [1.29, 1.82) is 0 Å². The minimum atomic E-state index is -0.449. The fourth-order valence-electron chi connectivity index (χ4n) is 3.99. The first-order valence-electron chi connectivity index (χ1n) is 10.5. The molecular formula is C22H23N5O4S. The Balaban J connectivity index is 1.46. The molecule has 1 amide bonds. The maximum absolute atomic E-state index is 13.1. The van der Waals surface area contributed by atoms with E-state index in [2.05, 4.69) is 10.4 Å². The average molecular weight is 454 g/mol. The minimum Gasteiger partial charge on any atom is -0.376 e. The van der Waals surface area contributed by atoms with Gasteiger partial charge in [0.1, 0.15) is 11.2 Å². The van der Waals surface area contributed by atoms with E-state index in [1.807, 2.05) is 31.2 Å². The highest BCUT2D eigenvalue weighted by Crippen LogP contribution is 2.19. The van der Waals surface area contributed by atoms with Gasteiger partial charge in [-0.2, -0.15) is 0 Å². The van der Waals surface area contributed by atoms with Crippen molar-refractivity contribution in [2.75, 3.05) is 6.61 Å². The van der Waals surface area contributed by atoms with Crippen molar-refractivity contribution in [2.45, 2.75) is 45.5 Å². The third kappa shape index (κ3) is 3.76. The van der Waals surface area contributed by atoms with Gasteiger partial charge in [-0.15, -0.1) is 16.4 Å². The molecule has 3 aromatic heterocycles. The second-order valence-corrected chi connectivity index (χ2v) is 8.94. The maximum atomic E-state index is 13.1. The summed E-state index contributed by atoms with van der Waals surface area (Å²) in [6, 6.07) is 9.59. The normalized spacial score (nSPS) is 16.2. The summed E-state index contributed by atoms with van der Waals surface area (Å²) in [7, 11) is 0. The number of aromatic nitrogens is 4. The molecule has 1 aliphatic heterocycles. The Morgan fingerprint density at radius 2 is 2.06 bits per heavy atom. The highest BCUT2D eigenvalue weighted by Gasteiger charge is 2.23. The van der Waals surface area contributed by atoms with Crippen molar-refractivity contribution in [3.63, 3.8) is 0 Å². The number of hydrogen-bond donors (Lipinski definition) is 1. The molecule has 5 rings (SSSR count). The Morgan fingerprint density at radius 3 is 2.81 bits per heavy atom. The van der Waals surface area contributed by atoms with Gasteiger partial charge in [0.05, 0.1) is 18.2 Å². The van der Waals surface area contributed by atoms with Gasteiger partial charge in [0.2, 0.25) is 11.7 Å². The van der Waals surface area contributed by atoms with Crippen molar-refractivity contribution in [1.82, 2.24) is 24.1 Å². The number of thiophene rings is 1. The van der Waals surface area contributed by atoms with E-state index in [-0.39, 0.29) is 29.9 Å². The molecule has 0 spiro atoms. The van der Waals surface area contributed by atoms with E-state index in [0.717, 1.165) is 28.7 Å². The summed E-state index contributed by atoms with van der Waals surface area (Å²) >= 11 is 1.29. The van der Waals surface area contributed by atoms with Gasteiger partial charge in [0.15, 0.2) is 0 Å². The first-order valence-corrected chi connectivity index (χ1v) is 11.4. The van der Waals surface area contributed by atoms with E-state index in [4.69, 9.17) is 4.74 Å². The standard InChI is InChI=1S/C22H23N5O4S/c1-14-4-6-15(7-5-14)11-23-18(28)13-26-22(30)27-17-8-10-32-19(17)20(29)25(21(27)24-26)12-16-3-2-9-31-16/h4-8,10,16H,2-3,9,11-13H2,1H3,(H,23,28)/t16-/m1/s1. The molecule has 0 bridgehead atoms. The summed E-state index contributed by atoms with van der Waals surface area (Å²) in [4.78, 5) is 38.7. The summed E-state index contributed by atoms with van der Waals surface area (Å²) in [5.41, 5.74) is 1.98. The van der Waals surface area contributed by atoms with Crippen LogP contribution < -0.4 is 16.6 Å². The number of ether oxygens (including phenoxy) is 1. The molecule has 1 saturated heterocycles. The third-order valence-corrected chi connectivity index (χ3v) is 6.59. The number of benzene rings is 1. The Labute approximate surface area is 186 Å². The fraction of sp³-hybridized carbons (Fsp3) is 0.364. The number of aryl methyl sites for hydroxylation is 1. The number of rotatable bonds is 6. The van der Waals surface area contributed by atoms with Crippen molar-refractivity contribution in [3.05, 3.63) is 67.7 Å². The molecule has 10 heteroatoms. The molecule has 0 saturated carbocycles. The Morgan fingerprint density at radius 1 is 1.25 bits per heavy atom. The minimum absolute atomic E-state index is 0.0908. The number of hydrogen-bond acceptors (Lipinski definition) is 6. The van der Waals surface area contributed by atoms with Crippen LogP contribution in [0.5, 0.6) is 0 Å². The molecule has 9 nitrogen and oxygen atoms in total. The molecule has 1 fully saturated rings. The van der Waals surface area contributed by atoms with Crippen LogP contribution in [0.4, 0.5) is 0 Å². The van der Waals surface area contributed by atoms with E-state index in [0.29, 0.717) is 29.9 Å². The third-order valence-electron chi connectivity index (χ3n) is 5.70. The molecule has 0 unspecified atom stereocenters. The molecule has 1 atom stereocenters. The lowest BCUT2D eigenvalue weighted by Gasteiger charge is -2.12. The first kappa shape index (κ1) is 20.7. The Bertz CT molecular complexity index is 1410. The van der Waals surface area contributed by atoms with Gasteiger partial charge in [-0.25, -0.2) is 13.9 Å². The molecule has 32 heavy (non-hydrogen) atoms. The largest absolute Gasteiger partial charge is 0.376 e. The van der Waals surface area contributed by atoms with Crippen LogP contribution in [-0.4, -0.2) is 37.4 Å². The summed E-state index contributed by atoms with van der Waals surface area (Å²) < 4.78 is 10.2.